The Morgan fingerprint density at radius 2 is 1.92 bits per heavy atom. The minimum Gasteiger partial charge on any atom is -0.481 e. The summed E-state index contributed by atoms with van der Waals surface area (Å²) < 4.78 is 23.3. The fourth-order valence-corrected chi connectivity index (χ4v) is 1.01. The van der Waals surface area contributed by atoms with E-state index in [2.05, 4.69) is 4.72 Å². The Balaban J connectivity index is 4.20. The monoisotopic (exact) mass is 195 g/mol. The van der Waals surface area contributed by atoms with Crippen molar-refractivity contribution in [3.8, 4) is 0 Å². The highest BCUT2D eigenvalue weighted by molar-refractivity contribution is 7.88. The molecule has 0 radical (unpaired) electrons. The van der Waals surface area contributed by atoms with Crippen molar-refractivity contribution in [1.82, 2.24) is 4.72 Å². The normalized spacial score (nSPS) is 12.9. The maximum absolute atomic E-state index is 10.6. The zero-order chi connectivity index (χ0) is 9.99. The van der Waals surface area contributed by atoms with Crippen molar-refractivity contribution in [3.63, 3.8) is 0 Å². The van der Waals surface area contributed by atoms with Gasteiger partial charge in [-0.2, -0.15) is 0 Å². The third-order valence-corrected chi connectivity index (χ3v) is 2.02. The highest BCUT2D eigenvalue weighted by Crippen LogP contribution is 2.13. The summed E-state index contributed by atoms with van der Waals surface area (Å²) in [5.41, 5.74) is -1.07. The molecule has 0 spiro atoms. The van der Waals surface area contributed by atoms with E-state index in [0.717, 1.165) is 6.26 Å². The molecule has 72 valence electrons. The first kappa shape index (κ1) is 11.4. The maximum atomic E-state index is 10.6. The summed E-state index contributed by atoms with van der Waals surface area (Å²) in [4.78, 5) is 10.5. The topological polar surface area (TPSA) is 83.5 Å². The highest BCUT2D eigenvalue weighted by atomic mass is 32.2. The van der Waals surface area contributed by atoms with E-state index >= 15 is 0 Å². The summed E-state index contributed by atoms with van der Waals surface area (Å²) in [7, 11) is -3.30. The van der Waals surface area contributed by atoms with Crippen LogP contribution in [0.1, 0.15) is 13.8 Å². The van der Waals surface area contributed by atoms with Crippen LogP contribution in [0.15, 0.2) is 0 Å². The third kappa shape index (κ3) is 4.30. The van der Waals surface area contributed by atoms with Crippen molar-refractivity contribution in [1.29, 1.82) is 0 Å². The van der Waals surface area contributed by atoms with Gasteiger partial charge in [0.15, 0.2) is 0 Å². The first-order chi connectivity index (χ1) is 5.15. The Morgan fingerprint density at radius 1 is 1.50 bits per heavy atom. The lowest BCUT2D eigenvalue weighted by Crippen LogP contribution is -2.38. The maximum Gasteiger partial charge on any atom is 0.310 e. The fourth-order valence-electron chi connectivity index (χ4n) is 0.387. The van der Waals surface area contributed by atoms with Gasteiger partial charge in [0.05, 0.1) is 11.7 Å². The van der Waals surface area contributed by atoms with Crippen LogP contribution in [-0.4, -0.2) is 32.3 Å². The largest absolute Gasteiger partial charge is 0.481 e. The highest BCUT2D eigenvalue weighted by Gasteiger charge is 2.27. The Morgan fingerprint density at radius 3 is 2.17 bits per heavy atom. The van der Waals surface area contributed by atoms with E-state index in [1.54, 1.807) is 0 Å². The van der Waals surface area contributed by atoms with Crippen molar-refractivity contribution in [3.05, 3.63) is 0 Å². The number of rotatable bonds is 4. The van der Waals surface area contributed by atoms with Crippen LogP contribution in [0.2, 0.25) is 0 Å². The molecule has 0 aromatic carbocycles. The molecule has 0 bridgehead atoms. The van der Waals surface area contributed by atoms with Gasteiger partial charge in [0, 0.05) is 6.54 Å². The van der Waals surface area contributed by atoms with Gasteiger partial charge in [-0.15, -0.1) is 0 Å². The lowest BCUT2D eigenvalue weighted by Gasteiger charge is -2.18. The van der Waals surface area contributed by atoms with Crippen molar-refractivity contribution >= 4 is 16.0 Å². The van der Waals surface area contributed by atoms with Crippen LogP contribution < -0.4 is 4.72 Å². The van der Waals surface area contributed by atoms with Crippen LogP contribution in [-0.2, 0) is 14.8 Å². The van der Waals surface area contributed by atoms with Crippen LogP contribution in [0.4, 0.5) is 0 Å². The van der Waals surface area contributed by atoms with Crippen LogP contribution >= 0.6 is 0 Å². The molecule has 0 aliphatic rings. The minimum absolute atomic E-state index is 0.0961. The molecule has 2 N–H and O–H groups in total. The molecule has 12 heavy (non-hydrogen) atoms. The molecule has 5 nitrogen and oxygen atoms in total. The van der Waals surface area contributed by atoms with E-state index < -0.39 is 21.4 Å². The molecular formula is C6H13NO4S. The second-order valence-electron chi connectivity index (χ2n) is 3.28. The molecule has 0 aliphatic heterocycles. The van der Waals surface area contributed by atoms with Gasteiger partial charge >= 0.3 is 5.97 Å². The number of carbonyl (C=O) groups is 1. The summed E-state index contributed by atoms with van der Waals surface area (Å²) in [6, 6.07) is 0. The number of nitrogens with one attached hydrogen (secondary N) is 1. The molecule has 0 amide bonds. The molecule has 0 saturated carbocycles. The third-order valence-electron chi connectivity index (χ3n) is 1.36. The lowest BCUT2D eigenvalue weighted by atomic mass is 9.95. The van der Waals surface area contributed by atoms with E-state index in [9.17, 15) is 13.2 Å². The molecule has 0 saturated heterocycles. The second-order valence-corrected chi connectivity index (χ2v) is 5.12. The number of hydrogen-bond donors (Lipinski definition) is 2. The molecule has 0 unspecified atom stereocenters. The summed E-state index contributed by atoms with van der Waals surface area (Å²) in [6.07, 6.45) is 0.991. The summed E-state index contributed by atoms with van der Waals surface area (Å²) in [5, 5.41) is 8.60. The zero-order valence-electron chi connectivity index (χ0n) is 7.29. The fraction of sp³-hybridized carbons (Fsp3) is 0.833. The number of carboxylic acids is 1. The van der Waals surface area contributed by atoms with Gasteiger partial charge in [-0.1, -0.05) is 0 Å². The van der Waals surface area contributed by atoms with E-state index in [-0.39, 0.29) is 6.54 Å². The number of aliphatic carboxylic acids is 1. The van der Waals surface area contributed by atoms with Crippen LogP contribution in [0.25, 0.3) is 0 Å². The molecule has 0 heterocycles. The summed E-state index contributed by atoms with van der Waals surface area (Å²) in [5.74, 6) is -1.03. The molecular weight excluding hydrogens is 182 g/mol. The number of carboxylic acid groups (broad SMARTS) is 1. The molecule has 0 aliphatic carbocycles. The summed E-state index contributed by atoms with van der Waals surface area (Å²) >= 11 is 0. The number of sulfonamides is 1. The first-order valence-electron chi connectivity index (χ1n) is 3.33. The summed E-state index contributed by atoms with van der Waals surface area (Å²) in [6.45, 7) is 2.81. The standard InChI is InChI=1S/C6H13NO4S/c1-6(2,5(8)9)4-7-12(3,10)11/h7H,4H2,1-3H3,(H,8,9). The SMILES string of the molecule is CC(C)(CNS(C)(=O)=O)C(=O)O. The van der Waals surface area contributed by atoms with Crippen molar-refractivity contribution in [2.24, 2.45) is 5.41 Å². The van der Waals surface area contributed by atoms with Gasteiger partial charge in [0.2, 0.25) is 10.0 Å². The Labute approximate surface area is 71.8 Å². The Hall–Kier alpha value is -0.620. The predicted molar refractivity (Wildman–Crippen MR) is 44.3 cm³/mol. The first-order valence-corrected chi connectivity index (χ1v) is 5.22. The van der Waals surface area contributed by atoms with Crippen molar-refractivity contribution in [2.45, 2.75) is 13.8 Å². The molecule has 0 aromatic heterocycles. The quantitative estimate of drug-likeness (QED) is 0.642. The van der Waals surface area contributed by atoms with E-state index in [4.69, 9.17) is 5.11 Å². The predicted octanol–water partition coefficient (Wildman–Crippen LogP) is -0.354. The molecule has 0 fully saturated rings. The average molecular weight is 195 g/mol. The molecule has 0 rings (SSSR count). The van der Waals surface area contributed by atoms with Crippen LogP contribution in [0.5, 0.6) is 0 Å². The second kappa shape index (κ2) is 3.40. The smallest absolute Gasteiger partial charge is 0.310 e. The Kier molecular flexibility index (Phi) is 3.23. The lowest BCUT2D eigenvalue weighted by molar-refractivity contribution is -0.146. The molecule has 6 heteroatoms. The van der Waals surface area contributed by atoms with E-state index in [1.807, 2.05) is 0 Å². The van der Waals surface area contributed by atoms with E-state index in [1.165, 1.54) is 13.8 Å². The minimum atomic E-state index is -3.30. The van der Waals surface area contributed by atoms with Gasteiger partial charge in [-0.25, -0.2) is 13.1 Å². The van der Waals surface area contributed by atoms with Gasteiger partial charge in [0.25, 0.3) is 0 Å². The van der Waals surface area contributed by atoms with Gasteiger partial charge in [0.1, 0.15) is 0 Å². The van der Waals surface area contributed by atoms with Gasteiger partial charge < -0.3 is 5.11 Å². The average Bonchev–Trinajstić information content (AvgIpc) is 1.82. The number of hydrogen-bond acceptors (Lipinski definition) is 3. The van der Waals surface area contributed by atoms with Crippen molar-refractivity contribution < 1.29 is 18.3 Å². The molecule has 0 aromatic rings. The van der Waals surface area contributed by atoms with E-state index in [0.29, 0.717) is 0 Å². The van der Waals surface area contributed by atoms with Crippen molar-refractivity contribution in [2.75, 3.05) is 12.8 Å². The molecule has 0 atom stereocenters. The van der Waals surface area contributed by atoms with Gasteiger partial charge in [-0.05, 0) is 13.8 Å². The Bertz CT molecular complexity index is 267. The zero-order valence-corrected chi connectivity index (χ0v) is 8.10. The van der Waals surface area contributed by atoms with Gasteiger partial charge in [-0.3, -0.25) is 4.79 Å². The van der Waals surface area contributed by atoms with Crippen LogP contribution in [0.3, 0.4) is 0 Å². The van der Waals surface area contributed by atoms with Crippen LogP contribution in [0, 0.1) is 5.41 Å².